The van der Waals surface area contributed by atoms with Gasteiger partial charge in [0.15, 0.2) is 0 Å². The monoisotopic (exact) mass is 370 g/mol. The molecule has 1 aliphatic rings. The second kappa shape index (κ2) is 6.45. The molecule has 3 aromatic rings. The number of ether oxygens (including phenoxy) is 1. The van der Waals surface area contributed by atoms with E-state index in [0.717, 1.165) is 51.5 Å². The highest BCUT2D eigenvalue weighted by atomic mass is 35.5. The van der Waals surface area contributed by atoms with E-state index in [1.54, 1.807) is 6.92 Å². The Morgan fingerprint density at radius 3 is 2.65 bits per heavy atom. The van der Waals surface area contributed by atoms with Gasteiger partial charge in [-0.2, -0.15) is 0 Å². The summed E-state index contributed by atoms with van der Waals surface area (Å²) in [5.41, 5.74) is 5.14. The number of fused-ring (bicyclic) bond motifs is 2. The van der Waals surface area contributed by atoms with Crippen molar-refractivity contribution in [2.45, 2.75) is 33.9 Å². The quantitative estimate of drug-likeness (QED) is 0.704. The van der Waals surface area contributed by atoms with E-state index in [-0.39, 0.29) is 5.63 Å². The van der Waals surface area contributed by atoms with Gasteiger partial charge < -0.3 is 9.15 Å². The van der Waals surface area contributed by atoms with Gasteiger partial charge in [0.25, 0.3) is 0 Å². The summed E-state index contributed by atoms with van der Waals surface area (Å²) in [5.74, 6) is 0.840. The van der Waals surface area contributed by atoms with Crippen LogP contribution in [-0.4, -0.2) is 6.73 Å². The van der Waals surface area contributed by atoms with E-state index < -0.39 is 0 Å². The van der Waals surface area contributed by atoms with Crippen molar-refractivity contribution in [1.29, 1.82) is 0 Å². The highest BCUT2D eigenvalue weighted by Crippen LogP contribution is 2.33. The minimum absolute atomic E-state index is 0.278. The first-order valence-corrected chi connectivity index (χ1v) is 9.09. The molecule has 0 spiro atoms. The number of hydrogen-bond donors (Lipinski definition) is 1. The number of rotatable bonds is 2. The van der Waals surface area contributed by atoms with Crippen molar-refractivity contribution in [3.8, 4) is 5.75 Å². The molecule has 1 atom stereocenters. The molecule has 0 saturated heterocycles. The topological polar surface area (TPSA) is 43.9 Å². The third kappa shape index (κ3) is 2.79. The molecule has 2 aromatic carbocycles. The summed E-state index contributed by atoms with van der Waals surface area (Å²) in [7, 11) is 0. The summed E-state index contributed by atoms with van der Waals surface area (Å²) < 4.78 is 11.6. The van der Waals surface area contributed by atoms with Crippen LogP contribution in [0.2, 0.25) is 5.02 Å². The molecule has 2 heterocycles. The predicted octanol–water partition coefficient (Wildman–Crippen LogP) is 3.31. The standard InChI is InChI=1S/C21H20ClNO3/c1-12-13(2)21(24)26-20-14(3)19-16(8-17(12)20)10-23(11-25-19)9-15-6-4-5-7-18(15)22/h4-8H,9-11H2,1-3H3/p+1. The van der Waals surface area contributed by atoms with E-state index in [9.17, 15) is 4.79 Å². The zero-order valence-electron chi connectivity index (χ0n) is 15.1. The lowest BCUT2D eigenvalue weighted by Gasteiger charge is -2.28. The van der Waals surface area contributed by atoms with E-state index >= 15 is 0 Å². The number of aryl methyl sites for hydroxylation is 2. The van der Waals surface area contributed by atoms with Crippen molar-refractivity contribution in [1.82, 2.24) is 0 Å². The van der Waals surface area contributed by atoms with Crippen LogP contribution in [0.15, 0.2) is 39.5 Å². The lowest BCUT2D eigenvalue weighted by molar-refractivity contribution is -0.945. The van der Waals surface area contributed by atoms with Gasteiger partial charge in [0.1, 0.15) is 24.4 Å². The molecule has 5 heteroatoms. The van der Waals surface area contributed by atoms with Crippen molar-refractivity contribution < 1.29 is 14.1 Å². The molecule has 1 aliphatic heterocycles. The first-order chi connectivity index (χ1) is 12.5. The number of nitrogens with one attached hydrogen (secondary N) is 1. The van der Waals surface area contributed by atoms with Gasteiger partial charge in [0.2, 0.25) is 6.73 Å². The van der Waals surface area contributed by atoms with Crippen molar-refractivity contribution in [3.63, 3.8) is 0 Å². The fourth-order valence-corrected chi connectivity index (χ4v) is 3.84. The minimum atomic E-state index is -0.278. The van der Waals surface area contributed by atoms with Gasteiger partial charge in [-0.3, -0.25) is 4.90 Å². The molecular formula is C21H21ClNO3+. The molecule has 0 saturated carbocycles. The van der Waals surface area contributed by atoms with Gasteiger partial charge in [-0.05, 0) is 38.5 Å². The van der Waals surface area contributed by atoms with Crippen LogP contribution in [0.3, 0.4) is 0 Å². The van der Waals surface area contributed by atoms with Crippen LogP contribution in [0.25, 0.3) is 11.0 Å². The summed E-state index contributed by atoms with van der Waals surface area (Å²) in [4.78, 5) is 13.3. The Balaban J connectivity index is 1.74. The highest BCUT2D eigenvalue weighted by Gasteiger charge is 2.26. The molecule has 0 fully saturated rings. The maximum absolute atomic E-state index is 12.0. The maximum atomic E-state index is 12.0. The predicted molar refractivity (Wildman–Crippen MR) is 102 cm³/mol. The lowest BCUT2D eigenvalue weighted by Crippen LogP contribution is -3.10. The number of halogens is 1. The average Bonchev–Trinajstić information content (AvgIpc) is 2.63. The Hall–Kier alpha value is -2.30. The largest absolute Gasteiger partial charge is 0.444 e. The minimum Gasteiger partial charge on any atom is -0.444 e. The van der Waals surface area contributed by atoms with Crippen LogP contribution in [0.4, 0.5) is 0 Å². The molecule has 26 heavy (non-hydrogen) atoms. The van der Waals surface area contributed by atoms with Crippen molar-refractivity contribution in [2.24, 2.45) is 0 Å². The summed E-state index contributed by atoms with van der Waals surface area (Å²) >= 11 is 6.30. The van der Waals surface area contributed by atoms with E-state index in [4.69, 9.17) is 20.8 Å². The lowest BCUT2D eigenvalue weighted by atomic mass is 9.99. The SMILES string of the molecule is Cc1c(C)c2cc3c(c(C)c2oc1=O)OC[NH+](Cc1ccccc1Cl)C3. The molecular weight excluding hydrogens is 350 g/mol. The molecule has 4 nitrogen and oxygen atoms in total. The van der Waals surface area contributed by atoms with Crippen molar-refractivity contribution >= 4 is 22.6 Å². The molecule has 0 bridgehead atoms. The molecule has 1 unspecified atom stereocenters. The molecule has 134 valence electrons. The molecule has 4 rings (SSSR count). The Morgan fingerprint density at radius 1 is 1.12 bits per heavy atom. The zero-order chi connectivity index (χ0) is 18.4. The summed E-state index contributed by atoms with van der Waals surface area (Å²) in [5, 5.41) is 1.77. The van der Waals surface area contributed by atoms with E-state index in [2.05, 4.69) is 12.1 Å². The van der Waals surface area contributed by atoms with Gasteiger partial charge in [0.05, 0.1) is 0 Å². The van der Waals surface area contributed by atoms with E-state index in [0.29, 0.717) is 17.9 Å². The van der Waals surface area contributed by atoms with Crippen LogP contribution in [0.1, 0.15) is 27.8 Å². The average molecular weight is 371 g/mol. The number of hydrogen-bond acceptors (Lipinski definition) is 3. The van der Waals surface area contributed by atoms with Gasteiger partial charge in [-0.1, -0.05) is 29.8 Å². The second-order valence-electron chi connectivity index (χ2n) is 6.99. The van der Waals surface area contributed by atoms with Gasteiger partial charge in [-0.25, -0.2) is 4.79 Å². The number of benzene rings is 2. The second-order valence-corrected chi connectivity index (χ2v) is 7.40. The Labute approximate surface area is 156 Å². The van der Waals surface area contributed by atoms with E-state index in [1.807, 2.05) is 32.0 Å². The highest BCUT2D eigenvalue weighted by molar-refractivity contribution is 6.31. The van der Waals surface area contributed by atoms with Crippen molar-refractivity contribution in [2.75, 3.05) is 6.73 Å². The Morgan fingerprint density at radius 2 is 1.88 bits per heavy atom. The van der Waals surface area contributed by atoms with Crippen molar-refractivity contribution in [3.05, 3.63) is 73.6 Å². The summed E-state index contributed by atoms with van der Waals surface area (Å²) in [6.07, 6.45) is 0. The fourth-order valence-electron chi connectivity index (χ4n) is 3.64. The summed E-state index contributed by atoms with van der Waals surface area (Å²) in [6, 6.07) is 10.0. The first-order valence-electron chi connectivity index (χ1n) is 8.72. The van der Waals surface area contributed by atoms with Crippen LogP contribution in [0, 0.1) is 20.8 Å². The molecule has 0 aliphatic carbocycles. The fraction of sp³-hybridized carbons (Fsp3) is 0.286. The normalized spacial score (nSPS) is 16.4. The third-order valence-electron chi connectivity index (χ3n) is 5.26. The van der Waals surface area contributed by atoms with E-state index in [1.165, 1.54) is 4.90 Å². The van der Waals surface area contributed by atoms with Crippen LogP contribution >= 0.6 is 11.6 Å². The van der Waals surface area contributed by atoms with Crippen LogP contribution < -0.4 is 15.3 Å². The zero-order valence-corrected chi connectivity index (χ0v) is 15.9. The maximum Gasteiger partial charge on any atom is 0.339 e. The van der Waals surface area contributed by atoms with Crippen LogP contribution in [0.5, 0.6) is 5.75 Å². The van der Waals surface area contributed by atoms with Crippen LogP contribution in [-0.2, 0) is 13.1 Å². The first kappa shape index (κ1) is 17.1. The molecule has 0 radical (unpaired) electrons. The number of quaternary nitrogens is 1. The van der Waals surface area contributed by atoms with Gasteiger partial charge in [-0.15, -0.1) is 0 Å². The summed E-state index contributed by atoms with van der Waals surface area (Å²) in [6.45, 7) is 7.93. The molecule has 0 amide bonds. The molecule has 1 aromatic heterocycles. The Bertz CT molecular complexity index is 1070. The van der Waals surface area contributed by atoms with Gasteiger partial charge in [0, 0.05) is 32.7 Å². The third-order valence-corrected chi connectivity index (χ3v) is 5.63. The van der Waals surface area contributed by atoms with Gasteiger partial charge >= 0.3 is 5.63 Å². The smallest absolute Gasteiger partial charge is 0.339 e. The Kier molecular flexibility index (Phi) is 4.25. The molecule has 1 N–H and O–H groups in total.